The standard InChI is InChI=1S/C16H27N5O2S/c1-23-10-9-21-8-5-12(11-21)13(22)18-16(6-3-2-4-7-16)14-19-20-15(17)24-14/h12H,2-11H2,1H3,(H2,17,20)(H,18,22)/t12-/m0/s1. The minimum atomic E-state index is -0.370. The third-order valence-corrected chi connectivity index (χ3v) is 6.13. The summed E-state index contributed by atoms with van der Waals surface area (Å²) in [5.41, 5.74) is 5.41. The van der Waals surface area contributed by atoms with Crippen molar-refractivity contribution in [1.82, 2.24) is 20.4 Å². The van der Waals surface area contributed by atoms with Gasteiger partial charge in [-0.3, -0.25) is 4.79 Å². The summed E-state index contributed by atoms with van der Waals surface area (Å²) in [7, 11) is 1.71. The van der Waals surface area contributed by atoms with E-state index in [2.05, 4.69) is 20.4 Å². The monoisotopic (exact) mass is 353 g/mol. The predicted molar refractivity (Wildman–Crippen MR) is 93.7 cm³/mol. The first-order valence-electron chi connectivity index (χ1n) is 8.76. The van der Waals surface area contributed by atoms with Crippen LogP contribution in [0.2, 0.25) is 0 Å². The molecule has 1 aromatic rings. The van der Waals surface area contributed by atoms with Gasteiger partial charge in [0.25, 0.3) is 0 Å². The van der Waals surface area contributed by atoms with Crippen molar-refractivity contribution in [2.45, 2.75) is 44.1 Å². The Morgan fingerprint density at radius 2 is 2.21 bits per heavy atom. The molecule has 1 amide bonds. The van der Waals surface area contributed by atoms with Crippen LogP contribution in [0.1, 0.15) is 43.5 Å². The zero-order valence-electron chi connectivity index (χ0n) is 14.3. The van der Waals surface area contributed by atoms with E-state index in [0.29, 0.717) is 11.7 Å². The fourth-order valence-corrected chi connectivity index (χ4v) is 4.60. The molecule has 2 aliphatic rings. The molecule has 0 unspecified atom stereocenters. The van der Waals surface area contributed by atoms with E-state index in [4.69, 9.17) is 10.5 Å². The van der Waals surface area contributed by atoms with Gasteiger partial charge in [-0.25, -0.2) is 0 Å². The highest BCUT2D eigenvalue weighted by Crippen LogP contribution is 2.39. The smallest absolute Gasteiger partial charge is 0.225 e. The number of hydrogen-bond donors (Lipinski definition) is 2. The van der Waals surface area contributed by atoms with Gasteiger partial charge in [-0.1, -0.05) is 30.6 Å². The summed E-state index contributed by atoms with van der Waals surface area (Å²) in [5.74, 6) is 0.191. The Kier molecular flexibility index (Phi) is 5.68. The molecule has 1 aromatic heterocycles. The Labute approximate surface area is 147 Å². The van der Waals surface area contributed by atoms with Crippen LogP contribution in [0.25, 0.3) is 0 Å². The van der Waals surface area contributed by atoms with Crippen LogP contribution in [0.15, 0.2) is 0 Å². The maximum absolute atomic E-state index is 12.9. The van der Waals surface area contributed by atoms with E-state index in [1.54, 1.807) is 7.11 Å². The molecule has 1 aliphatic heterocycles. The van der Waals surface area contributed by atoms with Crippen molar-refractivity contribution in [3.8, 4) is 0 Å². The predicted octanol–water partition coefficient (Wildman–Crippen LogP) is 1.36. The Hall–Kier alpha value is -1.25. The SMILES string of the molecule is COCCN1CC[C@H](C(=O)NC2(c3nnc(N)s3)CCCCC2)C1. The highest BCUT2D eigenvalue weighted by Gasteiger charge is 2.41. The molecular weight excluding hydrogens is 326 g/mol. The van der Waals surface area contributed by atoms with Gasteiger partial charge < -0.3 is 20.7 Å². The average molecular weight is 353 g/mol. The average Bonchev–Trinajstić information content (AvgIpc) is 3.23. The van der Waals surface area contributed by atoms with Crippen LogP contribution < -0.4 is 11.1 Å². The maximum Gasteiger partial charge on any atom is 0.225 e. The number of nitrogens with two attached hydrogens (primary N) is 1. The number of anilines is 1. The van der Waals surface area contributed by atoms with Gasteiger partial charge in [-0.15, -0.1) is 10.2 Å². The van der Waals surface area contributed by atoms with Crippen LogP contribution in [-0.2, 0) is 15.1 Å². The number of methoxy groups -OCH3 is 1. The summed E-state index contributed by atoms with van der Waals surface area (Å²) in [6.45, 7) is 3.37. The molecule has 1 saturated carbocycles. The Bertz CT molecular complexity index is 558. The number of nitrogens with one attached hydrogen (secondary N) is 1. The Balaban J connectivity index is 1.66. The summed E-state index contributed by atoms with van der Waals surface area (Å²) in [6.07, 6.45) is 6.17. The summed E-state index contributed by atoms with van der Waals surface area (Å²) < 4.78 is 5.13. The molecule has 0 bridgehead atoms. The molecule has 8 heteroatoms. The number of ether oxygens (including phenoxy) is 1. The lowest BCUT2D eigenvalue weighted by Crippen LogP contribution is -2.49. The number of carbonyl (C=O) groups excluding carboxylic acids is 1. The molecule has 134 valence electrons. The van der Waals surface area contributed by atoms with Crippen molar-refractivity contribution >= 4 is 22.4 Å². The minimum Gasteiger partial charge on any atom is -0.383 e. The molecule has 0 radical (unpaired) electrons. The number of rotatable bonds is 6. The van der Waals surface area contributed by atoms with Crippen LogP contribution in [0.4, 0.5) is 5.13 Å². The van der Waals surface area contributed by atoms with E-state index in [9.17, 15) is 4.79 Å². The topological polar surface area (TPSA) is 93.4 Å². The second-order valence-corrected chi connectivity index (χ2v) is 7.87. The molecule has 1 aliphatic carbocycles. The van der Waals surface area contributed by atoms with Crippen molar-refractivity contribution < 1.29 is 9.53 Å². The second-order valence-electron chi connectivity index (χ2n) is 6.86. The lowest BCUT2D eigenvalue weighted by atomic mass is 9.81. The van der Waals surface area contributed by atoms with Gasteiger partial charge in [-0.2, -0.15) is 0 Å². The number of nitrogens with zero attached hydrogens (tertiary/aromatic N) is 3. The first kappa shape index (κ1) is 17.6. The first-order valence-corrected chi connectivity index (χ1v) is 9.57. The lowest BCUT2D eigenvalue weighted by molar-refractivity contribution is -0.127. The summed E-state index contributed by atoms with van der Waals surface area (Å²) >= 11 is 1.40. The fourth-order valence-electron chi connectivity index (χ4n) is 3.78. The van der Waals surface area contributed by atoms with E-state index >= 15 is 0 Å². The van der Waals surface area contributed by atoms with Crippen LogP contribution >= 0.6 is 11.3 Å². The number of aromatic nitrogens is 2. The molecule has 2 fully saturated rings. The van der Waals surface area contributed by atoms with Gasteiger partial charge in [0, 0.05) is 20.2 Å². The summed E-state index contributed by atoms with van der Waals surface area (Å²) in [6, 6.07) is 0. The number of carbonyl (C=O) groups is 1. The van der Waals surface area contributed by atoms with Crippen LogP contribution in [-0.4, -0.2) is 54.4 Å². The molecule has 3 rings (SSSR count). The van der Waals surface area contributed by atoms with E-state index in [1.165, 1.54) is 17.8 Å². The Morgan fingerprint density at radius 3 is 2.88 bits per heavy atom. The largest absolute Gasteiger partial charge is 0.383 e. The molecule has 1 atom stereocenters. The number of hydrogen-bond acceptors (Lipinski definition) is 7. The zero-order chi connectivity index (χ0) is 17.0. The van der Waals surface area contributed by atoms with Crippen molar-refractivity contribution in [1.29, 1.82) is 0 Å². The van der Waals surface area contributed by atoms with Crippen molar-refractivity contribution in [2.75, 3.05) is 39.1 Å². The van der Waals surface area contributed by atoms with E-state index < -0.39 is 0 Å². The molecule has 0 aromatic carbocycles. The minimum absolute atomic E-state index is 0.0472. The van der Waals surface area contributed by atoms with Gasteiger partial charge in [0.05, 0.1) is 18.1 Å². The number of amides is 1. The van der Waals surface area contributed by atoms with Gasteiger partial charge in [0.15, 0.2) is 0 Å². The first-order chi connectivity index (χ1) is 11.6. The van der Waals surface area contributed by atoms with Crippen LogP contribution in [0, 0.1) is 5.92 Å². The van der Waals surface area contributed by atoms with Crippen molar-refractivity contribution in [2.24, 2.45) is 5.92 Å². The van der Waals surface area contributed by atoms with Gasteiger partial charge in [0.1, 0.15) is 5.01 Å². The van der Waals surface area contributed by atoms with Crippen LogP contribution in [0.5, 0.6) is 0 Å². The van der Waals surface area contributed by atoms with Crippen molar-refractivity contribution in [3.05, 3.63) is 5.01 Å². The Morgan fingerprint density at radius 1 is 1.42 bits per heavy atom. The highest BCUT2D eigenvalue weighted by atomic mass is 32.1. The normalized spacial score (nSPS) is 24.1. The maximum atomic E-state index is 12.9. The lowest BCUT2D eigenvalue weighted by Gasteiger charge is -2.36. The van der Waals surface area contributed by atoms with Crippen LogP contribution in [0.3, 0.4) is 0 Å². The zero-order valence-corrected chi connectivity index (χ0v) is 15.1. The quantitative estimate of drug-likeness (QED) is 0.802. The molecule has 7 nitrogen and oxygen atoms in total. The fraction of sp³-hybridized carbons (Fsp3) is 0.812. The highest BCUT2D eigenvalue weighted by molar-refractivity contribution is 7.15. The molecule has 1 saturated heterocycles. The summed E-state index contributed by atoms with van der Waals surface area (Å²) in [4.78, 5) is 15.2. The third-order valence-electron chi connectivity index (χ3n) is 5.17. The number of likely N-dealkylation sites (tertiary alicyclic amines) is 1. The van der Waals surface area contributed by atoms with E-state index in [1.807, 2.05) is 0 Å². The van der Waals surface area contributed by atoms with Crippen molar-refractivity contribution in [3.63, 3.8) is 0 Å². The molecular formula is C16H27N5O2S. The molecule has 3 N–H and O–H groups in total. The third kappa shape index (κ3) is 3.87. The van der Waals surface area contributed by atoms with Gasteiger partial charge in [-0.05, 0) is 25.8 Å². The van der Waals surface area contributed by atoms with Gasteiger partial charge in [0.2, 0.25) is 11.0 Å². The molecule has 24 heavy (non-hydrogen) atoms. The van der Waals surface area contributed by atoms with E-state index in [-0.39, 0.29) is 17.4 Å². The molecule has 0 spiro atoms. The van der Waals surface area contributed by atoms with E-state index in [0.717, 1.165) is 56.7 Å². The van der Waals surface area contributed by atoms with Gasteiger partial charge >= 0.3 is 0 Å². The summed E-state index contributed by atoms with van der Waals surface area (Å²) in [5, 5.41) is 12.9. The second kappa shape index (κ2) is 7.76. The number of nitrogen functional groups attached to an aromatic ring is 1. The molecule has 2 heterocycles.